The van der Waals surface area contributed by atoms with Crippen molar-refractivity contribution in [2.45, 2.75) is 63.5 Å². The highest BCUT2D eigenvalue weighted by Gasteiger charge is 2.72. The van der Waals surface area contributed by atoms with E-state index in [0.29, 0.717) is 17.1 Å². The number of hydrogen-bond donors (Lipinski definition) is 2. The van der Waals surface area contributed by atoms with Crippen LogP contribution in [0.2, 0.25) is 5.02 Å². The van der Waals surface area contributed by atoms with E-state index in [-0.39, 0.29) is 32.0 Å². The molecule has 5 rings (SSSR count). The summed E-state index contributed by atoms with van der Waals surface area (Å²) in [6.45, 7) is 5.09. The molecule has 10 nitrogen and oxygen atoms in total. The average molecular weight is 572 g/mol. The van der Waals surface area contributed by atoms with Gasteiger partial charge in [0.2, 0.25) is 11.8 Å². The van der Waals surface area contributed by atoms with E-state index >= 15 is 0 Å². The summed E-state index contributed by atoms with van der Waals surface area (Å²) in [4.78, 5) is 57.3. The number of para-hydroxylation sites is 1. The normalized spacial score (nSPS) is 34.1. The smallest absolute Gasteiger partial charge is 0.313 e. The molecule has 214 valence electrons. The summed E-state index contributed by atoms with van der Waals surface area (Å²) >= 11 is 6.56. The van der Waals surface area contributed by atoms with Gasteiger partial charge in [-0.05, 0) is 38.8 Å². The SMILES string of the molecule is Cc1cccc(Cl)c1N1CC=C[C@]23O[C@@H]4/C=C\CCC(=O)NC[C@@H](C)OC(=O)[C@@H]4[C@H]2C(=O)N([C@H](C)CO)[C@@H]3C1=O. The molecule has 4 aliphatic rings. The Morgan fingerprint density at radius 3 is 2.70 bits per heavy atom. The Hall–Kier alpha value is -3.21. The van der Waals surface area contributed by atoms with Gasteiger partial charge in [0.1, 0.15) is 23.7 Å². The molecule has 3 amide bonds. The van der Waals surface area contributed by atoms with Crippen molar-refractivity contribution in [2.24, 2.45) is 11.8 Å². The molecular formula is C29H34ClN3O7. The highest BCUT2D eigenvalue weighted by molar-refractivity contribution is 6.34. The van der Waals surface area contributed by atoms with Crippen LogP contribution in [-0.2, 0) is 28.7 Å². The number of aliphatic hydroxyl groups is 1. The fourth-order valence-electron chi connectivity index (χ4n) is 6.33. The van der Waals surface area contributed by atoms with Crippen LogP contribution in [0.5, 0.6) is 0 Å². The van der Waals surface area contributed by atoms with Gasteiger partial charge in [0, 0.05) is 13.0 Å². The molecular weight excluding hydrogens is 538 g/mol. The van der Waals surface area contributed by atoms with Crippen molar-refractivity contribution in [3.8, 4) is 0 Å². The quantitative estimate of drug-likeness (QED) is 0.419. The lowest BCUT2D eigenvalue weighted by Crippen LogP contribution is -2.57. The van der Waals surface area contributed by atoms with Crippen LogP contribution in [-0.4, -0.2) is 83.3 Å². The molecule has 2 saturated heterocycles. The maximum atomic E-state index is 14.4. The Morgan fingerprint density at radius 2 is 1.98 bits per heavy atom. The number of carbonyl (C=O) groups is 4. The maximum Gasteiger partial charge on any atom is 0.313 e. The zero-order valence-corrected chi connectivity index (χ0v) is 23.5. The van der Waals surface area contributed by atoms with Crippen LogP contribution in [0.4, 0.5) is 5.69 Å². The van der Waals surface area contributed by atoms with Gasteiger partial charge < -0.3 is 29.7 Å². The number of esters is 1. The van der Waals surface area contributed by atoms with E-state index in [9.17, 15) is 24.3 Å². The summed E-state index contributed by atoms with van der Waals surface area (Å²) < 4.78 is 12.3. The van der Waals surface area contributed by atoms with Gasteiger partial charge in [0.05, 0.1) is 41.9 Å². The molecule has 0 bridgehead atoms. The van der Waals surface area contributed by atoms with Crippen molar-refractivity contribution in [2.75, 3.05) is 24.6 Å². The number of aryl methyl sites for hydroxylation is 1. The molecule has 11 heteroatoms. The number of fused-ring (bicyclic) bond motifs is 2. The van der Waals surface area contributed by atoms with Gasteiger partial charge >= 0.3 is 5.97 Å². The largest absolute Gasteiger partial charge is 0.460 e. The van der Waals surface area contributed by atoms with Gasteiger partial charge in [-0.1, -0.05) is 48.0 Å². The first-order chi connectivity index (χ1) is 19.1. The number of aliphatic hydroxyl groups excluding tert-OH is 1. The van der Waals surface area contributed by atoms with Crippen LogP contribution in [0.3, 0.4) is 0 Å². The fraction of sp³-hybridized carbons (Fsp3) is 0.517. The number of hydrogen-bond acceptors (Lipinski definition) is 7. The predicted molar refractivity (Wildman–Crippen MR) is 146 cm³/mol. The van der Waals surface area contributed by atoms with Crippen molar-refractivity contribution >= 4 is 41.0 Å². The summed E-state index contributed by atoms with van der Waals surface area (Å²) in [5, 5.41) is 13.2. The number of allylic oxidation sites excluding steroid dienone is 1. The van der Waals surface area contributed by atoms with Crippen LogP contribution in [0.25, 0.3) is 0 Å². The van der Waals surface area contributed by atoms with Gasteiger partial charge in [-0.25, -0.2) is 0 Å². The van der Waals surface area contributed by atoms with E-state index in [4.69, 9.17) is 21.1 Å². The second kappa shape index (κ2) is 11.0. The summed E-state index contributed by atoms with van der Waals surface area (Å²) in [5.74, 6) is -3.79. The number of rotatable bonds is 3. The van der Waals surface area contributed by atoms with Gasteiger partial charge in [0.15, 0.2) is 0 Å². The number of benzene rings is 1. The Bertz CT molecular complexity index is 1260. The third kappa shape index (κ3) is 4.61. The number of nitrogens with one attached hydrogen (secondary N) is 1. The van der Waals surface area contributed by atoms with Gasteiger partial charge in [-0.2, -0.15) is 0 Å². The molecule has 0 aliphatic carbocycles. The topological polar surface area (TPSA) is 125 Å². The number of likely N-dealkylation sites (tertiary alicyclic amines) is 1. The molecule has 4 aliphatic heterocycles. The summed E-state index contributed by atoms with van der Waals surface area (Å²) in [6.07, 6.45) is 6.08. The van der Waals surface area contributed by atoms with Crippen molar-refractivity contribution < 1.29 is 33.8 Å². The molecule has 0 unspecified atom stereocenters. The molecule has 0 aromatic heterocycles. The number of nitrogens with zero attached hydrogens (tertiary/aromatic N) is 2. The molecule has 7 atom stereocenters. The minimum atomic E-state index is -1.49. The van der Waals surface area contributed by atoms with E-state index in [1.54, 1.807) is 50.3 Å². The zero-order valence-electron chi connectivity index (χ0n) is 22.7. The minimum absolute atomic E-state index is 0.136. The molecule has 0 saturated carbocycles. The van der Waals surface area contributed by atoms with Crippen LogP contribution < -0.4 is 10.2 Å². The van der Waals surface area contributed by atoms with E-state index in [0.717, 1.165) is 5.56 Å². The number of cyclic esters (lactones) is 1. The monoisotopic (exact) mass is 571 g/mol. The van der Waals surface area contributed by atoms with Crippen molar-refractivity contribution in [3.63, 3.8) is 0 Å². The van der Waals surface area contributed by atoms with E-state index in [1.165, 1.54) is 9.80 Å². The molecule has 1 aromatic carbocycles. The highest BCUT2D eigenvalue weighted by Crippen LogP contribution is 2.54. The Morgan fingerprint density at radius 1 is 1.20 bits per heavy atom. The third-order valence-corrected chi connectivity index (χ3v) is 8.47. The van der Waals surface area contributed by atoms with Crippen LogP contribution in [0, 0.1) is 18.8 Å². The second-order valence-corrected chi connectivity index (χ2v) is 11.3. The van der Waals surface area contributed by atoms with Gasteiger partial charge in [-0.15, -0.1) is 0 Å². The number of carbonyl (C=O) groups excluding carboxylic acids is 4. The summed E-state index contributed by atoms with van der Waals surface area (Å²) in [6, 6.07) is 3.46. The fourth-order valence-corrected chi connectivity index (χ4v) is 6.65. The van der Waals surface area contributed by atoms with Crippen LogP contribution >= 0.6 is 11.6 Å². The molecule has 1 spiro atoms. The summed E-state index contributed by atoms with van der Waals surface area (Å²) in [7, 11) is 0. The standard InChI is InChI=1S/C29H34ClN3O7/c1-16-8-6-9-19(30)24(16)32-13-7-12-29-23(26(36)33(17(2)15-34)25(29)27(32)37)22-20(40-29)10-4-5-11-21(35)31-14-18(3)39-28(22)38/h4,6-10,12,17-18,20,22-23,25,34H,5,11,13-15H2,1-3H3,(H,31,35)/b10-4-/t17-,18-,20-,22+,23+,25-,29+/m1/s1. The predicted octanol–water partition coefficient (Wildman–Crippen LogP) is 1.91. The lowest BCUT2D eigenvalue weighted by molar-refractivity contribution is -0.159. The first-order valence-corrected chi connectivity index (χ1v) is 14.0. The average Bonchev–Trinajstić information content (AvgIpc) is 3.31. The van der Waals surface area contributed by atoms with Crippen LogP contribution in [0.1, 0.15) is 32.3 Å². The van der Waals surface area contributed by atoms with Crippen molar-refractivity contribution in [1.29, 1.82) is 0 Å². The lowest BCUT2D eigenvalue weighted by Gasteiger charge is -2.38. The molecule has 0 radical (unpaired) electrons. The lowest BCUT2D eigenvalue weighted by atomic mass is 9.78. The molecule has 40 heavy (non-hydrogen) atoms. The van der Waals surface area contributed by atoms with E-state index in [1.807, 2.05) is 13.0 Å². The van der Waals surface area contributed by atoms with Crippen LogP contribution in [0.15, 0.2) is 42.5 Å². The minimum Gasteiger partial charge on any atom is -0.460 e. The van der Waals surface area contributed by atoms with Gasteiger partial charge in [-0.3, -0.25) is 19.2 Å². The number of ether oxygens (including phenoxy) is 2. The second-order valence-electron chi connectivity index (χ2n) is 10.9. The first-order valence-electron chi connectivity index (χ1n) is 13.6. The van der Waals surface area contributed by atoms with Crippen molar-refractivity contribution in [3.05, 3.63) is 53.1 Å². The number of halogens is 1. The third-order valence-electron chi connectivity index (χ3n) is 8.17. The van der Waals surface area contributed by atoms with E-state index < -0.39 is 59.5 Å². The number of anilines is 1. The maximum absolute atomic E-state index is 14.4. The van der Waals surface area contributed by atoms with E-state index in [2.05, 4.69) is 5.32 Å². The molecule has 1 aromatic rings. The molecule has 2 fully saturated rings. The Kier molecular flexibility index (Phi) is 7.78. The zero-order chi connectivity index (χ0) is 28.8. The Balaban J connectivity index is 1.62. The van der Waals surface area contributed by atoms with Gasteiger partial charge in [0.25, 0.3) is 5.91 Å². The summed E-state index contributed by atoms with van der Waals surface area (Å²) in [5.41, 5.74) is -0.180. The number of amides is 3. The molecule has 4 heterocycles. The Labute approximate surface area is 237 Å². The molecule has 2 N–H and O–H groups in total. The highest BCUT2D eigenvalue weighted by atomic mass is 35.5. The first kappa shape index (κ1) is 28.3. The van der Waals surface area contributed by atoms with Crippen molar-refractivity contribution in [1.82, 2.24) is 10.2 Å².